The maximum Gasteiger partial charge on any atom is 0.406 e. The molecule has 1 aliphatic rings. The molecule has 3 aromatic rings. The molecule has 0 unspecified atom stereocenters. The standard InChI is InChI=1S/C24H22F3N5O3/c1-14-28-10-16(11-29-14)18-4-3-5-21-19(18)8-17(12-35-21)31-22(33)15-6-7-20(30-9-15)23(34)32(2)13-24(25,26)27/h3-7,9-11,17H,8,12-13H2,1-2H3,(H,31,33)/t17-/m0/s1. The molecule has 0 bridgehead atoms. The molecule has 0 aliphatic carbocycles. The molecule has 1 aliphatic heterocycles. The Morgan fingerprint density at radius 1 is 1.11 bits per heavy atom. The van der Waals surface area contributed by atoms with E-state index in [0.29, 0.717) is 17.1 Å². The van der Waals surface area contributed by atoms with Crippen LogP contribution in [0.15, 0.2) is 48.9 Å². The van der Waals surface area contributed by atoms with Gasteiger partial charge in [-0.15, -0.1) is 0 Å². The van der Waals surface area contributed by atoms with E-state index < -0.39 is 24.5 Å². The van der Waals surface area contributed by atoms with Crippen LogP contribution in [-0.4, -0.2) is 64.1 Å². The Kier molecular flexibility index (Phi) is 6.68. The number of alkyl halides is 3. The highest BCUT2D eigenvalue weighted by atomic mass is 19.4. The van der Waals surface area contributed by atoms with Crippen molar-refractivity contribution in [3.63, 3.8) is 0 Å². The van der Waals surface area contributed by atoms with Gasteiger partial charge >= 0.3 is 6.18 Å². The summed E-state index contributed by atoms with van der Waals surface area (Å²) in [6, 6.07) is 7.93. The number of nitrogens with one attached hydrogen (secondary N) is 1. The van der Waals surface area contributed by atoms with E-state index in [9.17, 15) is 22.8 Å². The van der Waals surface area contributed by atoms with Crippen molar-refractivity contribution in [3.05, 3.63) is 71.6 Å². The van der Waals surface area contributed by atoms with Crippen LogP contribution >= 0.6 is 0 Å². The molecule has 182 valence electrons. The minimum absolute atomic E-state index is 0.172. The van der Waals surface area contributed by atoms with Gasteiger partial charge in [-0.05, 0) is 30.7 Å². The molecule has 1 atom stereocenters. The van der Waals surface area contributed by atoms with Crippen molar-refractivity contribution >= 4 is 11.8 Å². The van der Waals surface area contributed by atoms with Crippen LogP contribution in [0.2, 0.25) is 0 Å². The first-order valence-electron chi connectivity index (χ1n) is 10.7. The number of ether oxygens (including phenoxy) is 1. The summed E-state index contributed by atoms with van der Waals surface area (Å²) in [5, 5.41) is 2.89. The number of aromatic nitrogens is 3. The lowest BCUT2D eigenvalue weighted by Crippen LogP contribution is -2.43. The first-order valence-corrected chi connectivity index (χ1v) is 10.7. The lowest BCUT2D eigenvalue weighted by Gasteiger charge is -2.28. The fraction of sp³-hybridized carbons (Fsp3) is 0.292. The summed E-state index contributed by atoms with van der Waals surface area (Å²) in [6.45, 7) is 0.672. The molecule has 2 amide bonds. The fourth-order valence-corrected chi connectivity index (χ4v) is 3.76. The molecule has 0 radical (unpaired) electrons. The number of rotatable bonds is 5. The van der Waals surface area contributed by atoms with Crippen molar-refractivity contribution in [3.8, 4) is 16.9 Å². The van der Waals surface area contributed by atoms with Crippen LogP contribution in [0.3, 0.4) is 0 Å². The summed E-state index contributed by atoms with van der Waals surface area (Å²) >= 11 is 0. The molecule has 11 heteroatoms. The number of fused-ring (bicyclic) bond motifs is 1. The molecule has 0 spiro atoms. The average Bonchev–Trinajstić information content (AvgIpc) is 2.83. The van der Waals surface area contributed by atoms with Crippen LogP contribution in [0.25, 0.3) is 11.1 Å². The SMILES string of the molecule is Cc1ncc(-c2cccc3c2C[C@H](NC(=O)c2ccc(C(=O)N(C)CC(F)(F)F)nc2)CO3)cn1. The molecule has 0 saturated carbocycles. The number of amides is 2. The van der Waals surface area contributed by atoms with Gasteiger partial charge in [0.25, 0.3) is 11.8 Å². The molecule has 0 fully saturated rings. The monoisotopic (exact) mass is 485 g/mol. The number of benzene rings is 1. The number of carbonyl (C=O) groups is 2. The Balaban J connectivity index is 1.44. The third-order valence-corrected chi connectivity index (χ3v) is 5.46. The highest BCUT2D eigenvalue weighted by Crippen LogP contribution is 2.34. The number of hydrogen-bond donors (Lipinski definition) is 1. The number of halogens is 3. The normalized spacial score (nSPS) is 15.1. The van der Waals surface area contributed by atoms with E-state index in [2.05, 4.69) is 20.3 Å². The van der Waals surface area contributed by atoms with E-state index in [1.54, 1.807) is 19.3 Å². The molecule has 3 heterocycles. The van der Waals surface area contributed by atoms with Gasteiger partial charge < -0.3 is 15.0 Å². The summed E-state index contributed by atoms with van der Waals surface area (Å²) in [5.74, 6) is 0.0573. The summed E-state index contributed by atoms with van der Waals surface area (Å²) in [4.78, 5) is 37.8. The van der Waals surface area contributed by atoms with Gasteiger partial charge in [0.15, 0.2) is 0 Å². The predicted octanol–water partition coefficient (Wildman–Crippen LogP) is 3.21. The first kappa shape index (κ1) is 24.1. The van der Waals surface area contributed by atoms with Gasteiger partial charge in [0, 0.05) is 43.2 Å². The fourth-order valence-electron chi connectivity index (χ4n) is 3.76. The molecular weight excluding hydrogens is 463 g/mol. The molecule has 0 saturated heterocycles. The van der Waals surface area contributed by atoms with Crippen LogP contribution in [0.5, 0.6) is 5.75 Å². The molecular formula is C24H22F3N5O3. The topological polar surface area (TPSA) is 97.3 Å². The second-order valence-corrected chi connectivity index (χ2v) is 8.20. The summed E-state index contributed by atoms with van der Waals surface area (Å²) in [7, 11) is 1.04. The summed E-state index contributed by atoms with van der Waals surface area (Å²) in [5.41, 5.74) is 2.65. The molecule has 1 N–H and O–H groups in total. The highest BCUT2D eigenvalue weighted by Gasteiger charge is 2.32. The Morgan fingerprint density at radius 2 is 1.86 bits per heavy atom. The molecule has 35 heavy (non-hydrogen) atoms. The van der Waals surface area contributed by atoms with Crippen LogP contribution < -0.4 is 10.1 Å². The van der Waals surface area contributed by atoms with Gasteiger partial charge in [-0.2, -0.15) is 13.2 Å². The van der Waals surface area contributed by atoms with E-state index in [0.717, 1.165) is 35.7 Å². The second-order valence-electron chi connectivity index (χ2n) is 8.20. The van der Waals surface area contributed by atoms with E-state index >= 15 is 0 Å². The van der Waals surface area contributed by atoms with Gasteiger partial charge in [-0.25, -0.2) is 9.97 Å². The zero-order chi connectivity index (χ0) is 25.2. The molecule has 2 aromatic heterocycles. The minimum atomic E-state index is -4.52. The van der Waals surface area contributed by atoms with Crippen LogP contribution in [0.1, 0.15) is 32.2 Å². The molecule has 4 rings (SSSR count). The quantitative estimate of drug-likeness (QED) is 0.596. The third kappa shape index (κ3) is 5.73. The van der Waals surface area contributed by atoms with E-state index in [4.69, 9.17) is 4.74 Å². The number of hydrogen-bond acceptors (Lipinski definition) is 6. The Labute approximate surface area is 199 Å². The van der Waals surface area contributed by atoms with Crippen molar-refractivity contribution in [2.75, 3.05) is 20.2 Å². The number of aryl methyl sites for hydroxylation is 1. The largest absolute Gasteiger partial charge is 0.491 e. The number of carbonyl (C=O) groups excluding carboxylic acids is 2. The second kappa shape index (κ2) is 9.69. The third-order valence-electron chi connectivity index (χ3n) is 5.46. The number of pyridine rings is 1. The summed E-state index contributed by atoms with van der Waals surface area (Å²) < 4.78 is 43.4. The van der Waals surface area contributed by atoms with Crippen LogP contribution in [-0.2, 0) is 6.42 Å². The Morgan fingerprint density at radius 3 is 2.51 bits per heavy atom. The van der Waals surface area contributed by atoms with Crippen molar-refractivity contribution in [2.45, 2.75) is 25.6 Å². The van der Waals surface area contributed by atoms with Crippen LogP contribution in [0.4, 0.5) is 13.2 Å². The zero-order valence-corrected chi connectivity index (χ0v) is 19.0. The van der Waals surface area contributed by atoms with E-state index in [1.165, 1.54) is 12.1 Å². The van der Waals surface area contributed by atoms with Gasteiger partial charge in [0.1, 0.15) is 30.4 Å². The number of nitrogens with zero attached hydrogens (tertiary/aromatic N) is 4. The maximum atomic E-state index is 12.7. The lowest BCUT2D eigenvalue weighted by atomic mass is 9.94. The lowest BCUT2D eigenvalue weighted by molar-refractivity contribution is -0.138. The van der Waals surface area contributed by atoms with Crippen LogP contribution in [0, 0.1) is 6.92 Å². The van der Waals surface area contributed by atoms with E-state index in [-0.39, 0.29) is 23.9 Å². The average molecular weight is 485 g/mol. The van der Waals surface area contributed by atoms with Crippen molar-refractivity contribution in [2.24, 2.45) is 0 Å². The van der Waals surface area contributed by atoms with Gasteiger partial charge in [-0.3, -0.25) is 14.6 Å². The first-order chi connectivity index (χ1) is 16.6. The van der Waals surface area contributed by atoms with Gasteiger partial charge in [0.2, 0.25) is 0 Å². The van der Waals surface area contributed by atoms with Crippen molar-refractivity contribution < 1.29 is 27.5 Å². The van der Waals surface area contributed by atoms with Crippen molar-refractivity contribution in [1.29, 1.82) is 0 Å². The zero-order valence-electron chi connectivity index (χ0n) is 19.0. The van der Waals surface area contributed by atoms with Crippen molar-refractivity contribution in [1.82, 2.24) is 25.2 Å². The summed E-state index contributed by atoms with van der Waals surface area (Å²) in [6.07, 6.45) is 0.632. The van der Waals surface area contributed by atoms with E-state index in [1.807, 2.05) is 18.2 Å². The van der Waals surface area contributed by atoms with Gasteiger partial charge in [0.05, 0.1) is 11.6 Å². The molecule has 1 aromatic carbocycles. The minimum Gasteiger partial charge on any atom is -0.491 e. The highest BCUT2D eigenvalue weighted by molar-refractivity contribution is 5.96. The Bertz CT molecular complexity index is 1230. The smallest absolute Gasteiger partial charge is 0.406 e. The predicted molar refractivity (Wildman–Crippen MR) is 120 cm³/mol. The maximum absolute atomic E-state index is 12.7. The Hall–Kier alpha value is -4.02. The van der Waals surface area contributed by atoms with Gasteiger partial charge in [-0.1, -0.05) is 12.1 Å². The molecule has 8 nitrogen and oxygen atoms in total.